The molecule has 1 unspecified atom stereocenters. The Labute approximate surface area is 188 Å². The van der Waals surface area contributed by atoms with E-state index in [0.29, 0.717) is 17.1 Å². The van der Waals surface area contributed by atoms with Gasteiger partial charge in [-0.05, 0) is 61.5 Å². The van der Waals surface area contributed by atoms with Crippen LogP contribution in [0.25, 0.3) is 11.4 Å². The smallest absolute Gasteiger partial charge is 0.328 e. The Morgan fingerprint density at radius 3 is 2.24 bits per heavy atom. The summed E-state index contributed by atoms with van der Waals surface area (Å²) in [5.74, 6) is -0.650. The highest BCUT2D eigenvalue weighted by molar-refractivity contribution is 5.95. The lowest BCUT2D eigenvalue weighted by Crippen LogP contribution is -2.39. The van der Waals surface area contributed by atoms with E-state index >= 15 is 0 Å². The number of aromatic nitrogens is 2. The first kappa shape index (κ1) is 23.8. The van der Waals surface area contributed by atoms with Crippen LogP contribution in [0.3, 0.4) is 0 Å². The number of aliphatic hydroxyl groups excluding tert-OH is 2. The quantitative estimate of drug-likeness (QED) is 0.442. The number of hydrogen-bond acceptors (Lipinski definition) is 8. The van der Waals surface area contributed by atoms with E-state index in [2.05, 4.69) is 20.0 Å². The van der Waals surface area contributed by atoms with Crippen molar-refractivity contribution in [3.05, 3.63) is 71.8 Å². The van der Waals surface area contributed by atoms with Gasteiger partial charge >= 0.3 is 5.97 Å². The first-order chi connectivity index (χ1) is 15.8. The molecule has 0 aliphatic rings. The summed E-state index contributed by atoms with van der Waals surface area (Å²) in [6.07, 6.45) is -1.34. The number of nitrogens with one attached hydrogen (secondary N) is 1. The highest BCUT2D eigenvalue weighted by atomic mass is 19.1. The van der Waals surface area contributed by atoms with Crippen molar-refractivity contribution in [3.8, 4) is 22.9 Å². The van der Waals surface area contributed by atoms with E-state index in [1.165, 1.54) is 44.4 Å². The van der Waals surface area contributed by atoms with E-state index < -0.39 is 30.6 Å². The number of carbonyl (C=O) groups is 2. The van der Waals surface area contributed by atoms with Crippen LogP contribution in [-0.2, 0) is 9.53 Å². The van der Waals surface area contributed by atoms with Crippen LogP contribution in [0, 0.1) is 5.82 Å². The summed E-state index contributed by atoms with van der Waals surface area (Å²) >= 11 is 0. The van der Waals surface area contributed by atoms with Crippen LogP contribution in [0.15, 0.2) is 54.6 Å². The van der Waals surface area contributed by atoms with Gasteiger partial charge in [-0.1, -0.05) is 0 Å². The molecule has 1 heterocycles. The molecule has 3 N–H and O–H groups in total. The van der Waals surface area contributed by atoms with Gasteiger partial charge in [0.1, 0.15) is 35.2 Å². The summed E-state index contributed by atoms with van der Waals surface area (Å²) in [5.41, 5.74) is 0.429. The zero-order chi connectivity index (χ0) is 24.0. The van der Waals surface area contributed by atoms with Crippen molar-refractivity contribution in [1.82, 2.24) is 15.3 Å². The molecule has 33 heavy (non-hydrogen) atoms. The minimum atomic E-state index is -1.34. The van der Waals surface area contributed by atoms with Crippen LogP contribution >= 0.6 is 0 Å². The lowest BCUT2D eigenvalue weighted by Gasteiger charge is -2.14. The summed E-state index contributed by atoms with van der Waals surface area (Å²) in [6, 6.07) is 12.4. The third kappa shape index (κ3) is 6.09. The predicted molar refractivity (Wildman–Crippen MR) is 115 cm³/mol. The number of benzene rings is 2. The molecule has 1 amide bonds. The molecule has 172 valence electrons. The van der Waals surface area contributed by atoms with Gasteiger partial charge in [0.15, 0.2) is 5.82 Å². The Hall–Kier alpha value is -3.89. The fraction of sp³-hybridized carbons (Fsp3) is 0.217. The number of esters is 1. The number of methoxy groups -OCH3 is 1. The summed E-state index contributed by atoms with van der Waals surface area (Å²) in [4.78, 5) is 32.7. The summed E-state index contributed by atoms with van der Waals surface area (Å²) < 4.78 is 23.3. The monoisotopic (exact) mass is 455 g/mol. The molecule has 0 radical (unpaired) electrons. The normalized spacial score (nSPS) is 12.5. The molecule has 1 aromatic heterocycles. The van der Waals surface area contributed by atoms with Gasteiger partial charge in [-0.25, -0.2) is 19.2 Å². The molecule has 2 aromatic carbocycles. The number of aliphatic hydroxyl groups is 2. The fourth-order valence-electron chi connectivity index (χ4n) is 2.79. The lowest BCUT2D eigenvalue weighted by molar-refractivity contribution is -0.142. The van der Waals surface area contributed by atoms with Gasteiger partial charge in [0, 0.05) is 5.56 Å². The first-order valence-corrected chi connectivity index (χ1v) is 9.91. The number of carbonyl (C=O) groups excluding carboxylic acids is 2. The Balaban J connectivity index is 1.87. The van der Waals surface area contributed by atoms with E-state index in [4.69, 9.17) is 4.74 Å². The highest BCUT2D eigenvalue weighted by Gasteiger charge is 2.21. The second-order valence-electron chi connectivity index (χ2n) is 7.00. The van der Waals surface area contributed by atoms with Crippen LogP contribution in [0.2, 0.25) is 0 Å². The molecular weight excluding hydrogens is 433 g/mol. The molecular formula is C23H22FN3O6. The maximum Gasteiger partial charge on any atom is 0.328 e. The van der Waals surface area contributed by atoms with Crippen LogP contribution in [0.4, 0.5) is 4.39 Å². The molecule has 9 nitrogen and oxygen atoms in total. The second-order valence-corrected chi connectivity index (χ2v) is 7.00. The van der Waals surface area contributed by atoms with E-state index in [0.717, 1.165) is 0 Å². The van der Waals surface area contributed by atoms with Gasteiger partial charge in [-0.2, -0.15) is 0 Å². The average Bonchev–Trinajstić information content (AvgIpc) is 2.84. The van der Waals surface area contributed by atoms with E-state index in [1.807, 2.05) is 0 Å². The number of ether oxygens (including phenoxy) is 2. The fourth-order valence-corrected chi connectivity index (χ4v) is 2.79. The number of rotatable bonds is 8. The third-order valence-corrected chi connectivity index (χ3v) is 4.56. The number of hydrogen-bond donors (Lipinski definition) is 3. The van der Waals surface area contributed by atoms with Gasteiger partial charge in [0.2, 0.25) is 0 Å². The van der Waals surface area contributed by atoms with Crippen LogP contribution in [0.1, 0.15) is 29.2 Å². The third-order valence-electron chi connectivity index (χ3n) is 4.56. The first-order valence-electron chi connectivity index (χ1n) is 9.91. The minimum Gasteiger partial charge on any atom is -0.467 e. The van der Waals surface area contributed by atoms with Crippen molar-refractivity contribution in [2.75, 3.05) is 13.7 Å². The average molecular weight is 455 g/mol. The number of amides is 1. The molecule has 0 fully saturated rings. The molecule has 10 heteroatoms. The summed E-state index contributed by atoms with van der Waals surface area (Å²) in [6.45, 7) is 0.843. The Morgan fingerprint density at radius 2 is 1.67 bits per heavy atom. The molecule has 0 aliphatic carbocycles. The van der Waals surface area contributed by atoms with Crippen molar-refractivity contribution in [2.45, 2.75) is 19.1 Å². The minimum absolute atomic E-state index is 0.0324. The van der Waals surface area contributed by atoms with Crippen LogP contribution < -0.4 is 10.1 Å². The van der Waals surface area contributed by atoms with Crippen molar-refractivity contribution in [3.63, 3.8) is 0 Å². The molecule has 0 bridgehead atoms. The Kier molecular flexibility index (Phi) is 7.65. The zero-order valence-corrected chi connectivity index (χ0v) is 17.9. The van der Waals surface area contributed by atoms with Gasteiger partial charge in [-0.3, -0.25) is 4.79 Å². The van der Waals surface area contributed by atoms with Gasteiger partial charge in [0.25, 0.3) is 5.91 Å². The number of nitrogens with zero attached hydrogens (tertiary/aromatic N) is 2. The standard InChI is InChI=1S/C23H22FN3O6/c1-13(23(31)32-2)25-22(30)19-11-18(20(29)12-28)26-21(27-19)14-3-7-16(8-4-14)33-17-9-5-15(24)6-10-17/h3-11,13,20,28-29H,12H2,1-2H3,(H,25,30)/t13?,20-/m1/s1. The van der Waals surface area contributed by atoms with Gasteiger partial charge in [-0.15, -0.1) is 0 Å². The zero-order valence-electron chi connectivity index (χ0n) is 17.9. The van der Waals surface area contributed by atoms with E-state index in [1.54, 1.807) is 24.3 Å². The van der Waals surface area contributed by atoms with Crippen LogP contribution in [0.5, 0.6) is 11.5 Å². The molecule has 0 aliphatic heterocycles. The Bertz CT molecular complexity index is 1120. The van der Waals surface area contributed by atoms with Crippen LogP contribution in [-0.4, -0.2) is 51.8 Å². The van der Waals surface area contributed by atoms with Crippen molar-refractivity contribution < 1.29 is 33.7 Å². The van der Waals surface area contributed by atoms with Crippen molar-refractivity contribution >= 4 is 11.9 Å². The topological polar surface area (TPSA) is 131 Å². The molecule has 2 atom stereocenters. The summed E-state index contributed by atoms with van der Waals surface area (Å²) in [7, 11) is 1.20. The molecule has 3 rings (SSSR count). The van der Waals surface area contributed by atoms with E-state index in [-0.39, 0.29) is 23.0 Å². The van der Waals surface area contributed by atoms with Gasteiger partial charge in [0.05, 0.1) is 19.4 Å². The maximum absolute atomic E-state index is 13.0. The number of halogens is 1. The molecule has 3 aromatic rings. The van der Waals surface area contributed by atoms with Gasteiger partial charge < -0.3 is 25.0 Å². The SMILES string of the molecule is COC(=O)C(C)NC(=O)c1cc([C@H](O)CO)nc(-c2ccc(Oc3ccc(F)cc3)cc2)n1. The second kappa shape index (κ2) is 10.6. The molecule has 0 saturated heterocycles. The Morgan fingerprint density at radius 1 is 1.06 bits per heavy atom. The lowest BCUT2D eigenvalue weighted by atomic mass is 10.1. The van der Waals surface area contributed by atoms with E-state index in [9.17, 15) is 24.2 Å². The maximum atomic E-state index is 13.0. The molecule has 0 saturated carbocycles. The molecule has 0 spiro atoms. The predicted octanol–water partition coefficient (Wildman–Crippen LogP) is 2.39. The summed E-state index contributed by atoms with van der Waals surface area (Å²) in [5, 5.41) is 21.8. The highest BCUT2D eigenvalue weighted by Crippen LogP contribution is 2.25. The van der Waals surface area contributed by atoms with Crippen molar-refractivity contribution in [2.24, 2.45) is 0 Å². The largest absolute Gasteiger partial charge is 0.467 e. The van der Waals surface area contributed by atoms with Crippen molar-refractivity contribution in [1.29, 1.82) is 0 Å².